The number of Topliss-reactive ketones (excluding diaryl/α,β-unsaturated/α-hetero) is 1. The predicted octanol–water partition coefficient (Wildman–Crippen LogP) is 1.14. The van der Waals surface area contributed by atoms with Crippen LogP contribution in [0.25, 0.3) is 0 Å². The number of carbonyl (C=O) groups excluding carboxylic acids is 2. The maximum Gasteiger partial charge on any atom is 0.231 e. The van der Waals surface area contributed by atoms with Crippen molar-refractivity contribution in [2.45, 2.75) is 19.4 Å². The molecule has 1 amide bonds. The minimum Gasteiger partial charge on any atom is -0.467 e. The van der Waals surface area contributed by atoms with Gasteiger partial charge in [0.25, 0.3) is 0 Å². The molecule has 1 aromatic rings. The van der Waals surface area contributed by atoms with Crippen molar-refractivity contribution in [1.82, 2.24) is 4.90 Å². The fourth-order valence-corrected chi connectivity index (χ4v) is 1.64. The van der Waals surface area contributed by atoms with Crippen LogP contribution in [0.1, 0.15) is 25.1 Å². The number of rotatable bonds is 2. The van der Waals surface area contributed by atoms with Crippen molar-refractivity contribution in [1.29, 1.82) is 0 Å². The molecule has 2 rings (SSSR count). The summed E-state index contributed by atoms with van der Waals surface area (Å²) in [5.74, 6) is 0.584. The van der Waals surface area contributed by atoms with E-state index in [0.717, 1.165) is 0 Å². The average molecular weight is 193 g/mol. The fraction of sp³-hybridized carbons (Fsp3) is 0.400. The monoisotopic (exact) mass is 193 g/mol. The van der Waals surface area contributed by atoms with Crippen LogP contribution < -0.4 is 0 Å². The zero-order chi connectivity index (χ0) is 10.1. The highest BCUT2D eigenvalue weighted by atomic mass is 16.3. The molecule has 4 heteroatoms. The minimum absolute atomic E-state index is 0.0200. The number of furan rings is 1. The van der Waals surface area contributed by atoms with Crippen molar-refractivity contribution in [3.8, 4) is 0 Å². The van der Waals surface area contributed by atoms with E-state index in [0.29, 0.717) is 5.76 Å². The first-order valence-electron chi connectivity index (χ1n) is 4.53. The molecule has 0 radical (unpaired) electrons. The summed E-state index contributed by atoms with van der Waals surface area (Å²) in [7, 11) is 0. The van der Waals surface area contributed by atoms with Crippen LogP contribution in [0.5, 0.6) is 0 Å². The Morgan fingerprint density at radius 3 is 2.79 bits per heavy atom. The van der Waals surface area contributed by atoms with Crippen molar-refractivity contribution < 1.29 is 14.0 Å². The van der Waals surface area contributed by atoms with Crippen LogP contribution in [-0.2, 0) is 9.59 Å². The molecule has 74 valence electrons. The molecule has 4 nitrogen and oxygen atoms in total. The summed E-state index contributed by atoms with van der Waals surface area (Å²) in [6.07, 6.45) is 1.60. The minimum atomic E-state index is -0.149. The number of hydrogen-bond acceptors (Lipinski definition) is 3. The Balaban J connectivity index is 2.16. The van der Waals surface area contributed by atoms with Crippen LogP contribution in [0, 0.1) is 0 Å². The fourth-order valence-electron chi connectivity index (χ4n) is 1.64. The smallest absolute Gasteiger partial charge is 0.231 e. The molecular formula is C10H11NO3. The molecule has 1 aliphatic heterocycles. The van der Waals surface area contributed by atoms with Gasteiger partial charge in [-0.2, -0.15) is 0 Å². The second kappa shape index (κ2) is 3.29. The van der Waals surface area contributed by atoms with Gasteiger partial charge in [-0.05, 0) is 19.1 Å². The molecule has 1 aromatic heterocycles. The first kappa shape index (κ1) is 8.99. The molecule has 1 unspecified atom stereocenters. The number of ketones is 1. The molecule has 1 aliphatic rings. The van der Waals surface area contributed by atoms with Crippen molar-refractivity contribution in [2.75, 3.05) is 6.54 Å². The maximum absolute atomic E-state index is 11.4. The highest BCUT2D eigenvalue weighted by Gasteiger charge is 2.32. The Labute approximate surface area is 81.5 Å². The van der Waals surface area contributed by atoms with Gasteiger partial charge in [-0.15, -0.1) is 0 Å². The molecule has 1 atom stereocenters. The number of carbonyl (C=O) groups is 2. The standard InChI is InChI=1S/C10H11NO3/c1-7(9-3-2-4-14-9)11-6-8(12)5-10(11)13/h2-4,7H,5-6H2,1H3. The highest BCUT2D eigenvalue weighted by Crippen LogP contribution is 2.24. The number of hydrogen-bond donors (Lipinski definition) is 0. The zero-order valence-corrected chi connectivity index (χ0v) is 7.90. The molecular weight excluding hydrogens is 182 g/mol. The van der Waals surface area contributed by atoms with E-state index in [1.165, 1.54) is 0 Å². The van der Waals surface area contributed by atoms with Crippen LogP contribution in [0.4, 0.5) is 0 Å². The summed E-state index contributed by atoms with van der Waals surface area (Å²) in [5, 5.41) is 0. The van der Waals surface area contributed by atoms with Crippen LogP contribution in [0.2, 0.25) is 0 Å². The summed E-state index contributed by atoms with van der Waals surface area (Å²) < 4.78 is 5.19. The van der Waals surface area contributed by atoms with E-state index in [9.17, 15) is 9.59 Å². The summed E-state index contributed by atoms with van der Waals surface area (Å²) in [6, 6.07) is 3.43. The van der Waals surface area contributed by atoms with Gasteiger partial charge >= 0.3 is 0 Å². The van der Waals surface area contributed by atoms with Crippen molar-refractivity contribution in [3.63, 3.8) is 0 Å². The molecule has 0 saturated carbocycles. The van der Waals surface area contributed by atoms with Gasteiger partial charge in [0, 0.05) is 0 Å². The molecule has 0 aliphatic carbocycles. The topological polar surface area (TPSA) is 50.5 Å². The molecule has 2 heterocycles. The van der Waals surface area contributed by atoms with E-state index in [1.54, 1.807) is 23.3 Å². The predicted molar refractivity (Wildman–Crippen MR) is 48.5 cm³/mol. The quantitative estimate of drug-likeness (QED) is 0.662. The summed E-state index contributed by atoms with van der Waals surface area (Å²) in [6.45, 7) is 2.07. The normalized spacial score (nSPS) is 19.1. The SMILES string of the molecule is CC(c1ccco1)N1CC(=O)CC1=O. The van der Waals surface area contributed by atoms with Gasteiger partial charge in [-0.25, -0.2) is 0 Å². The summed E-state index contributed by atoms with van der Waals surface area (Å²) >= 11 is 0. The Hall–Kier alpha value is -1.58. The first-order chi connectivity index (χ1) is 6.68. The van der Waals surface area contributed by atoms with E-state index in [1.807, 2.05) is 6.92 Å². The van der Waals surface area contributed by atoms with Crippen molar-refractivity contribution in [2.24, 2.45) is 0 Å². The maximum atomic E-state index is 11.4. The van der Waals surface area contributed by atoms with Gasteiger partial charge in [-0.1, -0.05) is 0 Å². The molecule has 1 saturated heterocycles. The van der Waals surface area contributed by atoms with Crippen LogP contribution in [0.3, 0.4) is 0 Å². The van der Waals surface area contributed by atoms with Crippen LogP contribution in [0.15, 0.2) is 22.8 Å². The van der Waals surface area contributed by atoms with E-state index in [2.05, 4.69) is 0 Å². The van der Waals surface area contributed by atoms with Gasteiger partial charge in [0.15, 0.2) is 5.78 Å². The number of amides is 1. The number of nitrogens with zero attached hydrogens (tertiary/aromatic N) is 1. The summed E-state index contributed by atoms with van der Waals surface area (Å²) in [5.41, 5.74) is 0. The highest BCUT2D eigenvalue weighted by molar-refractivity contribution is 6.05. The van der Waals surface area contributed by atoms with Gasteiger partial charge in [0.05, 0.1) is 25.3 Å². The van der Waals surface area contributed by atoms with E-state index < -0.39 is 0 Å². The van der Waals surface area contributed by atoms with Crippen LogP contribution >= 0.6 is 0 Å². The second-order valence-corrected chi connectivity index (χ2v) is 3.43. The summed E-state index contributed by atoms with van der Waals surface area (Å²) in [4.78, 5) is 24.0. The Bertz CT molecular complexity index is 355. The van der Waals surface area contributed by atoms with E-state index in [4.69, 9.17) is 4.42 Å². The van der Waals surface area contributed by atoms with Gasteiger partial charge in [0.1, 0.15) is 5.76 Å². The third kappa shape index (κ3) is 1.43. The molecule has 0 spiro atoms. The lowest BCUT2D eigenvalue weighted by atomic mass is 10.2. The third-order valence-electron chi connectivity index (χ3n) is 2.44. The van der Waals surface area contributed by atoms with E-state index >= 15 is 0 Å². The molecule has 1 fully saturated rings. The Morgan fingerprint density at radius 1 is 1.50 bits per heavy atom. The van der Waals surface area contributed by atoms with Crippen LogP contribution in [-0.4, -0.2) is 23.1 Å². The third-order valence-corrected chi connectivity index (χ3v) is 2.44. The van der Waals surface area contributed by atoms with E-state index in [-0.39, 0.29) is 30.7 Å². The first-order valence-corrected chi connectivity index (χ1v) is 4.53. The molecule has 0 aromatic carbocycles. The largest absolute Gasteiger partial charge is 0.467 e. The lowest BCUT2D eigenvalue weighted by Gasteiger charge is -2.21. The van der Waals surface area contributed by atoms with Gasteiger partial charge in [-0.3, -0.25) is 9.59 Å². The lowest BCUT2D eigenvalue weighted by Crippen LogP contribution is -2.28. The average Bonchev–Trinajstić information content (AvgIpc) is 2.73. The van der Waals surface area contributed by atoms with Gasteiger partial charge < -0.3 is 9.32 Å². The van der Waals surface area contributed by atoms with Crippen molar-refractivity contribution >= 4 is 11.7 Å². The Kier molecular flexibility index (Phi) is 2.11. The second-order valence-electron chi connectivity index (χ2n) is 3.43. The molecule has 0 bridgehead atoms. The van der Waals surface area contributed by atoms with Gasteiger partial charge in [0.2, 0.25) is 5.91 Å². The molecule has 0 N–H and O–H groups in total. The van der Waals surface area contributed by atoms with Crippen molar-refractivity contribution in [3.05, 3.63) is 24.2 Å². The Morgan fingerprint density at radius 2 is 2.29 bits per heavy atom. The zero-order valence-electron chi connectivity index (χ0n) is 7.90. The molecule has 14 heavy (non-hydrogen) atoms. The lowest BCUT2D eigenvalue weighted by molar-refractivity contribution is -0.129. The number of likely N-dealkylation sites (tertiary alicyclic amines) is 1.